The van der Waals surface area contributed by atoms with E-state index in [9.17, 15) is 24.1 Å². The number of ether oxygens (including phenoxy) is 2. The van der Waals surface area contributed by atoms with Gasteiger partial charge in [-0.05, 0) is 47.5 Å². The van der Waals surface area contributed by atoms with Crippen molar-refractivity contribution in [1.82, 2.24) is 24.6 Å². The summed E-state index contributed by atoms with van der Waals surface area (Å²) in [5.74, 6) is -0.463. The SMILES string of the molecule is CC(C)OC(=O)[C@H](C)NP(=O)(OCCSC(=O)C(C)(C)CO)OCC[C@@H]1C[C@H](C)[C@H](n2cnc3c(=O)[nH]c(N)nc32)O1. The number of aromatic amines is 1. The molecule has 1 unspecified atom stereocenters. The van der Waals surface area contributed by atoms with Gasteiger partial charge in [-0.2, -0.15) is 4.98 Å². The fourth-order valence-electron chi connectivity index (χ4n) is 4.16. The summed E-state index contributed by atoms with van der Waals surface area (Å²) in [6.07, 6.45) is 1.36. The Morgan fingerprint density at radius 1 is 1.33 bits per heavy atom. The first kappa shape index (κ1) is 34.2. The molecule has 1 saturated heterocycles. The number of H-pyrrole nitrogens is 1. The average molecular weight is 633 g/mol. The lowest BCUT2D eigenvalue weighted by atomic mass is 9.97. The molecule has 15 nitrogen and oxygen atoms in total. The number of imidazole rings is 1. The van der Waals surface area contributed by atoms with Gasteiger partial charge < -0.3 is 20.3 Å². The Kier molecular flexibility index (Phi) is 11.7. The Balaban J connectivity index is 1.61. The molecule has 42 heavy (non-hydrogen) atoms. The fraction of sp³-hybridized carbons (Fsp3) is 0.720. The number of carbonyl (C=O) groups excluding carboxylic acids is 2. The minimum Gasteiger partial charge on any atom is -0.462 e. The van der Waals surface area contributed by atoms with Crippen LogP contribution in [0.1, 0.15) is 60.6 Å². The maximum Gasteiger partial charge on any atom is 0.406 e. The van der Waals surface area contributed by atoms with Gasteiger partial charge in [0, 0.05) is 11.7 Å². The van der Waals surface area contributed by atoms with Crippen molar-refractivity contribution in [3.05, 3.63) is 16.7 Å². The van der Waals surface area contributed by atoms with Gasteiger partial charge in [0.25, 0.3) is 5.56 Å². The van der Waals surface area contributed by atoms with Crippen molar-refractivity contribution in [3.8, 4) is 0 Å². The van der Waals surface area contributed by atoms with E-state index in [0.717, 1.165) is 11.8 Å². The van der Waals surface area contributed by atoms with Gasteiger partial charge >= 0.3 is 13.7 Å². The van der Waals surface area contributed by atoms with Gasteiger partial charge in [0.05, 0.1) is 43.8 Å². The zero-order chi connectivity index (χ0) is 31.2. The number of aliphatic hydroxyl groups is 1. The van der Waals surface area contributed by atoms with Crippen molar-refractivity contribution in [1.29, 1.82) is 0 Å². The van der Waals surface area contributed by atoms with Crippen LogP contribution in [-0.2, 0) is 32.7 Å². The van der Waals surface area contributed by atoms with Crippen LogP contribution in [0.2, 0.25) is 0 Å². The highest BCUT2D eigenvalue weighted by Gasteiger charge is 2.36. The second kappa shape index (κ2) is 14.4. The summed E-state index contributed by atoms with van der Waals surface area (Å²) in [6.45, 7) is 9.67. The number of hydrogen-bond donors (Lipinski definition) is 4. The highest BCUT2D eigenvalue weighted by atomic mass is 32.2. The summed E-state index contributed by atoms with van der Waals surface area (Å²) in [7, 11) is -4.02. The number of nitrogens with one attached hydrogen (secondary N) is 2. The molecule has 1 aliphatic heterocycles. The summed E-state index contributed by atoms with van der Waals surface area (Å²) in [6, 6.07) is -0.995. The largest absolute Gasteiger partial charge is 0.462 e. The number of esters is 1. The molecule has 0 aromatic carbocycles. The first-order chi connectivity index (χ1) is 19.7. The third kappa shape index (κ3) is 8.85. The lowest BCUT2D eigenvalue weighted by Gasteiger charge is -2.24. The fourth-order valence-corrected chi connectivity index (χ4v) is 6.58. The maximum atomic E-state index is 13.6. The van der Waals surface area contributed by atoms with Crippen molar-refractivity contribution in [3.63, 3.8) is 0 Å². The van der Waals surface area contributed by atoms with Crippen LogP contribution in [0.4, 0.5) is 5.95 Å². The van der Waals surface area contributed by atoms with E-state index in [1.807, 2.05) is 6.92 Å². The number of fused-ring (bicyclic) bond motifs is 1. The summed E-state index contributed by atoms with van der Waals surface area (Å²) in [4.78, 5) is 47.5. The Morgan fingerprint density at radius 2 is 2.02 bits per heavy atom. The molecule has 0 aliphatic carbocycles. The van der Waals surface area contributed by atoms with Crippen LogP contribution in [0.25, 0.3) is 11.2 Å². The minimum absolute atomic E-state index is 0.0273. The Bertz CT molecular complexity index is 1350. The van der Waals surface area contributed by atoms with E-state index in [1.54, 1.807) is 32.3 Å². The summed E-state index contributed by atoms with van der Waals surface area (Å²) < 4.78 is 37.9. The molecule has 17 heteroatoms. The van der Waals surface area contributed by atoms with Gasteiger partial charge in [0.1, 0.15) is 12.3 Å². The van der Waals surface area contributed by atoms with Gasteiger partial charge in [0.15, 0.2) is 16.3 Å². The standard InChI is InChI=1S/C25H41N6O9PS/c1-14(2)39-22(34)16(4)30-41(36,38-9-10-42-23(35)25(5,6)12-32)37-8-7-17-11-15(3)21(40-17)31-13-27-18-19(31)28-24(26)29-20(18)33/h13-17,21,32H,7-12H2,1-6H3,(H,30,36)(H3,26,28,29,33)/t15-,16-,17+,21+,41?/m0/s1. The molecule has 0 saturated carbocycles. The van der Waals surface area contributed by atoms with E-state index in [-0.39, 0.29) is 60.3 Å². The van der Waals surface area contributed by atoms with Gasteiger partial charge in [-0.25, -0.2) is 14.6 Å². The maximum absolute atomic E-state index is 13.6. The molecule has 1 aliphatic rings. The number of rotatable bonds is 15. The zero-order valence-electron chi connectivity index (χ0n) is 24.7. The number of carbonyl (C=O) groups is 2. The van der Waals surface area contributed by atoms with Crippen LogP contribution in [0.5, 0.6) is 0 Å². The first-order valence-corrected chi connectivity index (χ1v) is 16.2. The highest BCUT2D eigenvalue weighted by Crippen LogP contribution is 2.45. The van der Waals surface area contributed by atoms with Gasteiger partial charge in [-0.1, -0.05) is 18.7 Å². The van der Waals surface area contributed by atoms with Crippen molar-refractivity contribution < 1.29 is 37.8 Å². The van der Waals surface area contributed by atoms with Crippen molar-refractivity contribution in [2.75, 3.05) is 31.3 Å². The van der Waals surface area contributed by atoms with Crippen molar-refractivity contribution in [2.24, 2.45) is 11.3 Å². The van der Waals surface area contributed by atoms with Crippen molar-refractivity contribution >= 4 is 47.7 Å². The number of aliphatic hydroxyl groups excluding tert-OH is 1. The highest BCUT2D eigenvalue weighted by molar-refractivity contribution is 8.13. The molecule has 5 atom stereocenters. The van der Waals surface area contributed by atoms with Crippen LogP contribution in [0.3, 0.4) is 0 Å². The molecular formula is C25H41N6O9PS. The Hall–Kier alpha value is -2.33. The van der Waals surface area contributed by atoms with Gasteiger partial charge in [-0.15, -0.1) is 0 Å². The van der Waals surface area contributed by atoms with E-state index in [2.05, 4.69) is 20.0 Å². The number of nitrogen functional groups attached to an aromatic ring is 1. The number of nitrogens with zero attached hydrogens (tertiary/aromatic N) is 3. The van der Waals surface area contributed by atoms with E-state index in [1.165, 1.54) is 13.3 Å². The van der Waals surface area contributed by atoms with Crippen LogP contribution in [0.15, 0.2) is 11.1 Å². The second-order valence-electron chi connectivity index (χ2n) is 11.1. The molecule has 3 heterocycles. The van der Waals surface area contributed by atoms with E-state index in [0.29, 0.717) is 18.5 Å². The van der Waals surface area contributed by atoms with E-state index < -0.39 is 37.0 Å². The number of aromatic nitrogens is 4. The smallest absolute Gasteiger partial charge is 0.406 e. The van der Waals surface area contributed by atoms with Crippen molar-refractivity contribution in [2.45, 2.75) is 78.9 Å². The molecule has 2 aromatic rings. The van der Waals surface area contributed by atoms with Crippen LogP contribution < -0.4 is 16.4 Å². The minimum atomic E-state index is -4.02. The number of anilines is 1. The number of nitrogens with two attached hydrogens (primary N) is 1. The lowest BCUT2D eigenvalue weighted by molar-refractivity contribution is -0.149. The van der Waals surface area contributed by atoms with Gasteiger partial charge in [-0.3, -0.25) is 33.0 Å². The number of hydrogen-bond acceptors (Lipinski definition) is 13. The van der Waals surface area contributed by atoms with E-state index in [4.69, 9.17) is 24.3 Å². The van der Waals surface area contributed by atoms with Crippen LogP contribution in [0, 0.1) is 11.3 Å². The molecule has 236 valence electrons. The monoisotopic (exact) mass is 632 g/mol. The predicted octanol–water partition coefficient (Wildman–Crippen LogP) is 2.36. The molecular weight excluding hydrogens is 591 g/mol. The second-order valence-corrected chi connectivity index (χ2v) is 13.9. The van der Waals surface area contributed by atoms with Gasteiger partial charge in [0.2, 0.25) is 5.95 Å². The van der Waals surface area contributed by atoms with E-state index >= 15 is 0 Å². The molecule has 1 fully saturated rings. The molecule has 0 amide bonds. The molecule has 0 bridgehead atoms. The Labute approximate surface area is 248 Å². The topological polar surface area (TPSA) is 210 Å². The Morgan fingerprint density at radius 3 is 2.69 bits per heavy atom. The first-order valence-electron chi connectivity index (χ1n) is 13.7. The number of thioether (sulfide) groups is 1. The average Bonchev–Trinajstić information content (AvgIpc) is 3.48. The normalized spacial score (nSPS) is 21.5. The predicted molar refractivity (Wildman–Crippen MR) is 157 cm³/mol. The quantitative estimate of drug-likeness (QED) is 0.126. The molecule has 0 spiro atoms. The van der Waals surface area contributed by atoms with Crippen LogP contribution >= 0.6 is 19.5 Å². The van der Waals surface area contributed by atoms with Crippen LogP contribution in [-0.4, -0.2) is 79.5 Å². The zero-order valence-corrected chi connectivity index (χ0v) is 26.4. The lowest BCUT2D eigenvalue weighted by Crippen LogP contribution is -2.36. The third-order valence-electron chi connectivity index (χ3n) is 6.46. The summed E-state index contributed by atoms with van der Waals surface area (Å²) in [5.41, 5.74) is 4.82. The molecule has 0 radical (unpaired) electrons. The molecule has 5 N–H and O–H groups in total. The summed E-state index contributed by atoms with van der Waals surface area (Å²) in [5, 5.41) is 11.8. The molecule has 2 aromatic heterocycles. The molecule has 3 rings (SSSR count). The third-order valence-corrected chi connectivity index (χ3v) is 9.40. The summed E-state index contributed by atoms with van der Waals surface area (Å²) >= 11 is 0.946.